The summed E-state index contributed by atoms with van der Waals surface area (Å²) < 4.78 is 8.19. The van der Waals surface area contributed by atoms with Crippen molar-refractivity contribution in [3.8, 4) is 22.6 Å². The van der Waals surface area contributed by atoms with E-state index >= 15 is 0 Å². The van der Waals surface area contributed by atoms with Gasteiger partial charge < -0.3 is 14.4 Å². The average Bonchev–Trinajstić information content (AvgIpc) is 3.53. The molecule has 1 aliphatic rings. The molecule has 3 aromatic carbocycles. The number of hydrogen-bond acceptors (Lipinski definition) is 2. The van der Waals surface area contributed by atoms with Gasteiger partial charge in [0.05, 0.1) is 6.61 Å². The van der Waals surface area contributed by atoms with Crippen molar-refractivity contribution in [2.24, 2.45) is 5.92 Å². The van der Waals surface area contributed by atoms with Crippen molar-refractivity contribution in [2.75, 3.05) is 6.61 Å². The molecule has 0 spiro atoms. The third-order valence-electron chi connectivity index (χ3n) is 6.34. The molecule has 0 radical (unpaired) electrons. The number of rotatable bonds is 6. The molecule has 1 fully saturated rings. The summed E-state index contributed by atoms with van der Waals surface area (Å²) in [5.41, 5.74) is 6.14. The second kappa shape index (κ2) is 8.05. The number of ether oxygens (including phenoxy) is 1. The van der Waals surface area contributed by atoms with Gasteiger partial charge >= 0.3 is 0 Å². The Kier molecular flexibility index (Phi) is 5.21. The maximum absolute atomic E-state index is 10.3. The van der Waals surface area contributed by atoms with Crippen LogP contribution in [-0.2, 0) is 12.0 Å². The highest BCUT2D eigenvalue weighted by Gasteiger charge is 2.22. The summed E-state index contributed by atoms with van der Waals surface area (Å²) in [5.74, 6) is 1.69. The Morgan fingerprint density at radius 1 is 0.969 bits per heavy atom. The predicted octanol–water partition coefficient (Wildman–Crippen LogP) is 7.15. The van der Waals surface area contributed by atoms with Gasteiger partial charge in [-0.15, -0.1) is 0 Å². The summed E-state index contributed by atoms with van der Waals surface area (Å²) in [6.07, 6.45) is 4.73. The van der Waals surface area contributed by atoms with Crippen molar-refractivity contribution in [2.45, 2.75) is 45.6 Å². The topological polar surface area (TPSA) is 34.4 Å². The second-order valence-electron chi connectivity index (χ2n) is 10.1. The van der Waals surface area contributed by atoms with Crippen LogP contribution in [-0.4, -0.2) is 16.3 Å². The molecule has 0 saturated heterocycles. The summed E-state index contributed by atoms with van der Waals surface area (Å²) in [6.45, 7) is 8.14. The molecule has 4 aromatic rings. The molecule has 164 valence electrons. The Morgan fingerprint density at radius 3 is 2.44 bits per heavy atom. The molecule has 5 rings (SSSR count). The van der Waals surface area contributed by atoms with Gasteiger partial charge in [0.2, 0.25) is 0 Å². The predicted molar refractivity (Wildman–Crippen MR) is 132 cm³/mol. The zero-order valence-electron chi connectivity index (χ0n) is 19.1. The maximum Gasteiger partial charge on any atom is 0.123 e. The van der Waals surface area contributed by atoms with E-state index in [1.165, 1.54) is 40.4 Å². The van der Waals surface area contributed by atoms with Crippen LogP contribution in [0.1, 0.15) is 44.7 Å². The van der Waals surface area contributed by atoms with Gasteiger partial charge in [-0.25, -0.2) is 0 Å². The van der Waals surface area contributed by atoms with E-state index in [9.17, 15) is 5.11 Å². The Balaban J connectivity index is 1.48. The first-order chi connectivity index (χ1) is 15.4. The molecule has 1 saturated carbocycles. The van der Waals surface area contributed by atoms with E-state index < -0.39 is 0 Å². The van der Waals surface area contributed by atoms with E-state index in [0.29, 0.717) is 12.5 Å². The van der Waals surface area contributed by atoms with Crippen LogP contribution >= 0.6 is 0 Å². The molecule has 32 heavy (non-hydrogen) atoms. The number of nitrogens with zero attached hydrogens (tertiary/aromatic N) is 1. The first-order valence-corrected chi connectivity index (χ1v) is 11.5. The summed E-state index contributed by atoms with van der Waals surface area (Å²) in [4.78, 5) is 0. The van der Waals surface area contributed by atoms with Crippen molar-refractivity contribution in [3.63, 3.8) is 0 Å². The SMILES string of the molecule is CC(C)(C)c1ccc(-c2cn(Cc3cc(O)cc(OCC4CC4)c3)c3ccccc23)cc1. The summed E-state index contributed by atoms with van der Waals surface area (Å²) in [6, 6.07) is 23.0. The fraction of sp³-hybridized carbons (Fsp3) is 0.310. The molecule has 1 N–H and O–H groups in total. The lowest BCUT2D eigenvalue weighted by molar-refractivity contribution is 0.298. The van der Waals surface area contributed by atoms with Crippen molar-refractivity contribution in [1.29, 1.82) is 0 Å². The van der Waals surface area contributed by atoms with Gasteiger partial charge in [0.25, 0.3) is 0 Å². The normalized spacial score (nSPS) is 14.1. The highest BCUT2D eigenvalue weighted by molar-refractivity contribution is 5.96. The van der Waals surface area contributed by atoms with E-state index in [-0.39, 0.29) is 11.2 Å². The second-order valence-corrected chi connectivity index (χ2v) is 10.1. The third-order valence-corrected chi connectivity index (χ3v) is 6.34. The third kappa shape index (κ3) is 4.38. The molecular weight excluding hydrogens is 394 g/mol. The minimum atomic E-state index is 0.140. The molecule has 0 atom stereocenters. The van der Waals surface area contributed by atoms with Crippen LogP contribution in [0.3, 0.4) is 0 Å². The number of aromatic nitrogens is 1. The molecule has 3 nitrogen and oxygen atoms in total. The number of para-hydroxylation sites is 1. The smallest absolute Gasteiger partial charge is 0.123 e. The molecule has 1 heterocycles. The Hall–Kier alpha value is -3.20. The Bertz CT molecular complexity index is 1240. The lowest BCUT2D eigenvalue weighted by Gasteiger charge is -2.19. The van der Waals surface area contributed by atoms with Crippen LogP contribution in [0.4, 0.5) is 0 Å². The van der Waals surface area contributed by atoms with Crippen LogP contribution in [0, 0.1) is 5.92 Å². The standard InChI is InChI=1S/C29H31NO2/c1-29(2,3)23-12-10-22(11-13-23)27-18-30(28-7-5-4-6-26(27)28)17-21-14-24(31)16-25(15-21)32-19-20-8-9-20/h4-7,10-16,18,20,31H,8-9,17,19H2,1-3H3. The number of phenolic OH excluding ortho intramolecular Hbond substituents is 1. The minimum Gasteiger partial charge on any atom is -0.508 e. The molecular formula is C29H31NO2. The van der Waals surface area contributed by atoms with Crippen LogP contribution in [0.2, 0.25) is 0 Å². The van der Waals surface area contributed by atoms with Crippen LogP contribution in [0.5, 0.6) is 11.5 Å². The Morgan fingerprint density at radius 2 is 1.72 bits per heavy atom. The van der Waals surface area contributed by atoms with Crippen molar-refractivity contribution in [1.82, 2.24) is 4.57 Å². The molecule has 3 heteroatoms. The summed E-state index contributed by atoms with van der Waals surface area (Å²) in [7, 11) is 0. The fourth-order valence-corrected chi connectivity index (χ4v) is 4.27. The van der Waals surface area contributed by atoms with Crippen LogP contribution in [0.25, 0.3) is 22.0 Å². The van der Waals surface area contributed by atoms with Crippen molar-refractivity contribution < 1.29 is 9.84 Å². The van der Waals surface area contributed by atoms with Crippen molar-refractivity contribution >= 4 is 10.9 Å². The van der Waals surface area contributed by atoms with Gasteiger partial charge in [-0.2, -0.15) is 0 Å². The average molecular weight is 426 g/mol. The highest BCUT2D eigenvalue weighted by atomic mass is 16.5. The first kappa shape index (κ1) is 20.7. The van der Waals surface area contributed by atoms with Gasteiger partial charge in [0.15, 0.2) is 0 Å². The molecule has 0 unspecified atom stereocenters. The minimum absolute atomic E-state index is 0.140. The summed E-state index contributed by atoms with van der Waals surface area (Å²) >= 11 is 0. The number of benzene rings is 3. The molecule has 0 bridgehead atoms. The number of hydrogen-bond donors (Lipinski definition) is 1. The zero-order valence-corrected chi connectivity index (χ0v) is 19.1. The lowest BCUT2D eigenvalue weighted by Crippen LogP contribution is -2.10. The van der Waals surface area contributed by atoms with E-state index in [1.807, 2.05) is 6.07 Å². The quantitative estimate of drug-likeness (QED) is 0.356. The molecule has 0 amide bonds. The van der Waals surface area contributed by atoms with Gasteiger partial charge in [-0.1, -0.05) is 63.2 Å². The number of aromatic hydroxyl groups is 1. The summed E-state index contributed by atoms with van der Waals surface area (Å²) in [5, 5.41) is 11.5. The number of fused-ring (bicyclic) bond motifs is 1. The highest BCUT2D eigenvalue weighted by Crippen LogP contribution is 2.34. The monoisotopic (exact) mass is 425 g/mol. The van der Waals surface area contributed by atoms with Gasteiger partial charge in [-0.05, 0) is 59.1 Å². The van der Waals surface area contributed by atoms with E-state index in [1.54, 1.807) is 6.07 Å². The van der Waals surface area contributed by atoms with Crippen molar-refractivity contribution in [3.05, 3.63) is 84.1 Å². The molecule has 1 aliphatic carbocycles. The van der Waals surface area contributed by atoms with E-state index in [0.717, 1.165) is 17.9 Å². The van der Waals surface area contributed by atoms with Crippen LogP contribution in [0.15, 0.2) is 72.9 Å². The van der Waals surface area contributed by atoms with Gasteiger partial charge in [-0.3, -0.25) is 0 Å². The van der Waals surface area contributed by atoms with Gasteiger partial charge in [0, 0.05) is 35.3 Å². The van der Waals surface area contributed by atoms with Gasteiger partial charge in [0.1, 0.15) is 11.5 Å². The maximum atomic E-state index is 10.3. The Labute approximate surface area is 190 Å². The van der Waals surface area contributed by atoms with E-state index in [4.69, 9.17) is 4.74 Å². The van der Waals surface area contributed by atoms with E-state index in [2.05, 4.69) is 86.1 Å². The van der Waals surface area contributed by atoms with Crippen LogP contribution < -0.4 is 4.74 Å². The molecule has 1 aromatic heterocycles. The fourth-order valence-electron chi connectivity index (χ4n) is 4.27. The lowest BCUT2D eigenvalue weighted by atomic mass is 9.86. The number of phenols is 1. The zero-order chi connectivity index (χ0) is 22.3. The first-order valence-electron chi connectivity index (χ1n) is 11.5. The molecule has 0 aliphatic heterocycles. The largest absolute Gasteiger partial charge is 0.508 e.